The molecule has 0 aliphatic rings. The number of hydrogen-bond donors (Lipinski definition) is 1. The molecule has 2 rings (SSSR count). The van der Waals surface area contributed by atoms with Gasteiger partial charge >= 0.3 is 0 Å². The summed E-state index contributed by atoms with van der Waals surface area (Å²) >= 11 is 12.3. The van der Waals surface area contributed by atoms with Gasteiger partial charge in [0.15, 0.2) is 0 Å². The van der Waals surface area contributed by atoms with Crippen LogP contribution in [0.5, 0.6) is 0 Å². The molecule has 0 heterocycles. The third-order valence-electron chi connectivity index (χ3n) is 5.61. The Hall–Kier alpha value is -2.13. The van der Waals surface area contributed by atoms with E-state index >= 15 is 0 Å². The molecule has 2 amide bonds. The molecule has 0 saturated carbocycles. The van der Waals surface area contributed by atoms with Gasteiger partial charge in [0.05, 0.1) is 11.4 Å². The van der Waals surface area contributed by atoms with Crippen LogP contribution in [0.2, 0.25) is 10.0 Å². The zero-order chi connectivity index (χ0) is 25.6. The number of nitrogens with zero attached hydrogens (tertiary/aromatic N) is 2. The standard InChI is InChI=1S/C24H31Cl2N3O4S/c1-6-17(3)27-24(31)18(4)29(14-19-9-10-20(25)13-22(19)26)23(30)15-28(5)34(32,33)21-11-7-16(2)8-12-21/h7-13,17-18H,6,14-15H2,1-5H3,(H,27,31)/t17-,18-/m0/s1. The third kappa shape index (κ3) is 7.18. The Morgan fingerprint density at radius 1 is 1.06 bits per heavy atom. The van der Waals surface area contributed by atoms with Crippen LogP contribution in [-0.2, 0) is 26.2 Å². The summed E-state index contributed by atoms with van der Waals surface area (Å²) in [5.74, 6) is -0.868. The van der Waals surface area contributed by atoms with Gasteiger partial charge in [0, 0.05) is 29.7 Å². The van der Waals surface area contributed by atoms with Gasteiger partial charge in [-0.15, -0.1) is 0 Å². The highest BCUT2D eigenvalue weighted by molar-refractivity contribution is 7.89. The van der Waals surface area contributed by atoms with E-state index in [1.54, 1.807) is 37.3 Å². The van der Waals surface area contributed by atoms with E-state index in [1.165, 1.54) is 24.1 Å². The number of sulfonamides is 1. The number of likely N-dealkylation sites (N-methyl/N-ethyl adjacent to an activating group) is 1. The smallest absolute Gasteiger partial charge is 0.243 e. The molecule has 2 atom stereocenters. The van der Waals surface area contributed by atoms with Crippen LogP contribution in [0.25, 0.3) is 0 Å². The zero-order valence-corrected chi connectivity index (χ0v) is 22.3. The lowest BCUT2D eigenvalue weighted by Crippen LogP contribution is -2.51. The summed E-state index contributed by atoms with van der Waals surface area (Å²) in [7, 11) is -2.56. The normalized spacial score (nSPS) is 13.4. The summed E-state index contributed by atoms with van der Waals surface area (Å²) in [5, 5.41) is 3.66. The SMILES string of the molecule is CC[C@H](C)NC(=O)[C@H](C)N(Cc1ccc(Cl)cc1Cl)C(=O)CN(C)S(=O)(=O)c1ccc(C)cc1. The quantitative estimate of drug-likeness (QED) is 0.500. The molecule has 7 nitrogen and oxygen atoms in total. The lowest BCUT2D eigenvalue weighted by Gasteiger charge is -2.31. The van der Waals surface area contributed by atoms with E-state index < -0.39 is 28.5 Å². The van der Waals surface area contributed by atoms with Gasteiger partial charge in [-0.3, -0.25) is 9.59 Å². The Labute approximate surface area is 212 Å². The van der Waals surface area contributed by atoms with E-state index in [0.717, 1.165) is 16.3 Å². The van der Waals surface area contributed by atoms with Gasteiger partial charge < -0.3 is 10.2 Å². The van der Waals surface area contributed by atoms with Gasteiger partial charge in [-0.1, -0.05) is 53.9 Å². The molecule has 34 heavy (non-hydrogen) atoms. The van der Waals surface area contributed by atoms with Crippen molar-refractivity contribution in [3.8, 4) is 0 Å². The van der Waals surface area contributed by atoms with Crippen molar-refractivity contribution in [3.63, 3.8) is 0 Å². The third-order valence-corrected chi connectivity index (χ3v) is 8.02. The Morgan fingerprint density at radius 2 is 1.68 bits per heavy atom. The van der Waals surface area contributed by atoms with E-state index in [0.29, 0.717) is 15.6 Å². The van der Waals surface area contributed by atoms with Crippen LogP contribution in [-0.4, -0.2) is 55.1 Å². The summed E-state index contributed by atoms with van der Waals surface area (Å²) in [6.45, 7) is 6.85. The van der Waals surface area contributed by atoms with E-state index in [9.17, 15) is 18.0 Å². The van der Waals surface area contributed by atoms with Crippen molar-refractivity contribution in [2.45, 2.75) is 57.6 Å². The molecule has 0 spiro atoms. The molecule has 10 heteroatoms. The minimum Gasteiger partial charge on any atom is -0.352 e. The Bertz CT molecular complexity index is 1120. The lowest BCUT2D eigenvalue weighted by molar-refractivity contribution is -0.140. The number of amides is 2. The van der Waals surface area contributed by atoms with E-state index in [2.05, 4.69) is 5.32 Å². The molecule has 0 unspecified atom stereocenters. The number of benzene rings is 2. The largest absolute Gasteiger partial charge is 0.352 e. The molecular formula is C24H31Cl2N3O4S. The van der Waals surface area contributed by atoms with Gasteiger partial charge in [-0.05, 0) is 57.0 Å². The number of aryl methyl sites for hydroxylation is 1. The first-order valence-electron chi connectivity index (χ1n) is 10.9. The molecule has 0 bridgehead atoms. The number of carbonyl (C=O) groups excluding carboxylic acids is 2. The number of nitrogens with one attached hydrogen (secondary N) is 1. The van der Waals surface area contributed by atoms with Crippen LogP contribution in [0.15, 0.2) is 47.4 Å². The van der Waals surface area contributed by atoms with Crippen LogP contribution in [0, 0.1) is 6.92 Å². The first-order valence-corrected chi connectivity index (χ1v) is 13.1. The first-order chi connectivity index (χ1) is 15.9. The molecule has 186 valence electrons. The molecule has 0 aliphatic carbocycles. The summed E-state index contributed by atoms with van der Waals surface area (Å²) in [6, 6.07) is 10.3. The van der Waals surface area contributed by atoms with Crippen LogP contribution in [0.4, 0.5) is 0 Å². The second-order valence-electron chi connectivity index (χ2n) is 8.33. The summed E-state index contributed by atoms with van der Waals surface area (Å²) in [6.07, 6.45) is 0.729. The maximum absolute atomic E-state index is 13.3. The van der Waals surface area contributed by atoms with Gasteiger partial charge in [0.25, 0.3) is 0 Å². The molecule has 0 saturated heterocycles. The summed E-state index contributed by atoms with van der Waals surface area (Å²) < 4.78 is 26.9. The van der Waals surface area contributed by atoms with Gasteiger partial charge in [0.1, 0.15) is 6.04 Å². The highest BCUT2D eigenvalue weighted by Gasteiger charge is 2.31. The minimum atomic E-state index is -3.90. The maximum Gasteiger partial charge on any atom is 0.243 e. The number of hydrogen-bond acceptors (Lipinski definition) is 4. The lowest BCUT2D eigenvalue weighted by atomic mass is 10.1. The van der Waals surface area contributed by atoms with Gasteiger partial charge in [0.2, 0.25) is 21.8 Å². The molecule has 1 N–H and O–H groups in total. The molecule has 0 aromatic heterocycles. The molecule has 0 radical (unpaired) electrons. The molecular weight excluding hydrogens is 497 g/mol. The predicted octanol–water partition coefficient (Wildman–Crippen LogP) is 4.25. The Kier molecular flexibility index (Phi) is 9.94. The highest BCUT2D eigenvalue weighted by Crippen LogP contribution is 2.24. The van der Waals surface area contributed by atoms with Crippen molar-refractivity contribution in [3.05, 3.63) is 63.6 Å². The summed E-state index contributed by atoms with van der Waals surface area (Å²) in [5.41, 5.74) is 1.51. The fraction of sp³-hybridized carbons (Fsp3) is 0.417. The summed E-state index contributed by atoms with van der Waals surface area (Å²) in [4.78, 5) is 27.6. The highest BCUT2D eigenvalue weighted by atomic mass is 35.5. The van der Waals surface area contributed by atoms with Crippen molar-refractivity contribution >= 4 is 45.0 Å². The molecule has 0 fully saturated rings. The Balaban J connectivity index is 2.31. The number of carbonyl (C=O) groups is 2. The van der Waals surface area contributed by atoms with E-state index in [1.807, 2.05) is 20.8 Å². The van der Waals surface area contributed by atoms with Gasteiger partial charge in [-0.25, -0.2) is 8.42 Å². The Morgan fingerprint density at radius 3 is 2.24 bits per heavy atom. The number of rotatable bonds is 10. The minimum absolute atomic E-state index is 0.0162. The van der Waals surface area contributed by atoms with Crippen molar-refractivity contribution in [1.29, 1.82) is 0 Å². The second kappa shape index (κ2) is 12.0. The fourth-order valence-corrected chi connectivity index (χ4v) is 4.73. The molecule has 2 aromatic carbocycles. The van der Waals surface area contributed by atoms with Crippen LogP contribution < -0.4 is 5.32 Å². The second-order valence-corrected chi connectivity index (χ2v) is 11.2. The number of halogens is 2. The van der Waals surface area contributed by atoms with Crippen LogP contribution in [0.3, 0.4) is 0 Å². The topological polar surface area (TPSA) is 86.8 Å². The van der Waals surface area contributed by atoms with Gasteiger partial charge in [-0.2, -0.15) is 4.31 Å². The van der Waals surface area contributed by atoms with Crippen LogP contribution >= 0.6 is 23.2 Å². The van der Waals surface area contributed by atoms with Crippen molar-refractivity contribution in [1.82, 2.24) is 14.5 Å². The first kappa shape index (κ1) is 28.1. The van der Waals surface area contributed by atoms with Crippen molar-refractivity contribution in [2.75, 3.05) is 13.6 Å². The average molecular weight is 529 g/mol. The van der Waals surface area contributed by atoms with Crippen LogP contribution in [0.1, 0.15) is 38.3 Å². The van der Waals surface area contributed by atoms with Crippen molar-refractivity contribution in [2.24, 2.45) is 0 Å². The van der Waals surface area contributed by atoms with E-state index in [-0.39, 0.29) is 23.4 Å². The maximum atomic E-state index is 13.3. The van der Waals surface area contributed by atoms with E-state index in [4.69, 9.17) is 23.2 Å². The molecule has 2 aromatic rings. The fourth-order valence-electron chi connectivity index (χ4n) is 3.14. The van der Waals surface area contributed by atoms with Crippen molar-refractivity contribution < 1.29 is 18.0 Å². The molecule has 0 aliphatic heterocycles. The zero-order valence-electron chi connectivity index (χ0n) is 20.0. The monoisotopic (exact) mass is 527 g/mol. The predicted molar refractivity (Wildman–Crippen MR) is 135 cm³/mol. The average Bonchev–Trinajstić information content (AvgIpc) is 2.78.